The number of benzene rings is 1. The molecular weight excluding hydrogens is 322 g/mol. The molecule has 140 valence electrons. The molecule has 0 bridgehead atoms. The second kappa shape index (κ2) is 10.1. The van der Waals surface area contributed by atoms with Crippen LogP contribution in [-0.4, -0.2) is 21.2 Å². The maximum absolute atomic E-state index is 6.09. The second-order valence-corrected chi connectivity index (χ2v) is 7.12. The van der Waals surface area contributed by atoms with Crippen LogP contribution in [0.4, 0.5) is 0 Å². The molecule has 0 saturated heterocycles. The Bertz CT molecular complexity index is 796. The highest BCUT2D eigenvalue weighted by atomic mass is 16.5. The number of ether oxygens (including phenoxy) is 1. The first-order valence-electron chi connectivity index (χ1n) is 10.2. The summed E-state index contributed by atoms with van der Waals surface area (Å²) >= 11 is 0. The van der Waals surface area contributed by atoms with E-state index in [-0.39, 0.29) is 0 Å². The van der Waals surface area contributed by atoms with Crippen molar-refractivity contribution in [3.63, 3.8) is 0 Å². The van der Waals surface area contributed by atoms with Gasteiger partial charge in [-0.2, -0.15) is 0 Å². The molecule has 4 nitrogen and oxygen atoms in total. The maximum Gasteiger partial charge on any atom is 0.164 e. The molecule has 0 saturated carbocycles. The molecule has 2 heterocycles. The summed E-state index contributed by atoms with van der Waals surface area (Å²) in [5.74, 6) is 0.914. The Morgan fingerprint density at radius 2 is 1.58 bits per heavy atom. The van der Waals surface area contributed by atoms with Crippen molar-refractivity contribution in [1.82, 2.24) is 14.6 Å². The van der Waals surface area contributed by atoms with Crippen molar-refractivity contribution < 1.29 is 4.74 Å². The van der Waals surface area contributed by atoms with Gasteiger partial charge in [-0.1, -0.05) is 76.8 Å². The average molecular weight is 354 g/mol. The third-order valence-electron chi connectivity index (χ3n) is 5.02. The van der Waals surface area contributed by atoms with E-state index in [0.29, 0.717) is 0 Å². The van der Waals surface area contributed by atoms with Gasteiger partial charge in [0.05, 0.1) is 12.1 Å². The van der Waals surface area contributed by atoms with Crippen LogP contribution in [0.3, 0.4) is 0 Å². The van der Waals surface area contributed by atoms with E-state index in [1.54, 1.807) is 6.33 Å². The molecule has 1 aromatic carbocycles. The fourth-order valence-electron chi connectivity index (χ4n) is 3.51. The van der Waals surface area contributed by atoms with Crippen LogP contribution in [0.5, 0.6) is 5.75 Å². The van der Waals surface area contributed by atoms with Gasteiger partial charge in [0, 0.05) is 11.5 Å². The molecule has 0 N–H and O–H groups in total. The number of pyridine rings is 1. The molecule has 2 aromatic heterocycles. The summed E-state index contributed by atoms with van der Waals surface area (Å²) < 4.78 is 8.09. The number of unbranched alkanes of at least 4 members (excludes halogenated alkanes) is 9. The minimum absolute atomic E-state index is 0.769. The Morgan fingerprint density at radius 3 is 2.35 bits per heavy atom. The van der Waals surface area contributed by atoms with Crippen molar-refractivity contribution in [2.24, 2.45) is 0 Å². The molecular formula is C22H31N3O. The van der Waals surface area contributed by atoms with E-state index in [2.05, 4.69) is 29.3 Å². The zero-order chi connectivity index (χ0) is 18.0. The van der Waals surface area contributed by atoms with Crippen molar-refractivity contribution in [3.8, 4) is 5.75 Å². The summed E-state index contributed by atoms with van der Waals surface area (Å²) in [5.41, 5.74) is 1.93. The van der Waals surface area contributed by atoms with Gasteiger partial charge in [0.25, 0.3) is 0 Å². The lowest BCUT2D eigenvalue weighted by molar-refractivity contribution is 0.307. The standard InChI is InChI=1S/C22H31N3O/c1-2-3-4-5-6-7-8-9-10-13-16-26-21-17-22-24-23-18-25(22)20-15-12-11-14-19(20)21/h11-12,14-15,17-18H,2-10,13,16H2,1H3. The van der Waals surface area contributed by atoms with E-state index in [1.807, 2.05) is 22.6 Å². The number of aromatic nitrogens is 3. The van der Waals surface area contributed by atoms with Crippen molar-refractivity contribution in [2.75, 3.05) is 6.61 Å². The van der Waals surface area contributed by atoms with Gasteiger partial charge in [0.2, 0.25) is 0 Å². The maximum atomic E-state index is 6.09. The lowest BCUT2D eigenvalue weighted by atomic mass is 10.1. The van der Waals surface area contributed by atoms with E-state index in [4.69, 9.17) is 4.74 Å². The molecule has 0 atom stereocenters. The molecule has 0 aliphatic rings. The van der Waals surface area contributed by atoms with E-state index in [1.165, 1.54) is 57.8 Å². The molecule has 0 aliphatic carbocycles. The molecule has 26 heavy (non-hydrogen) atoms. The molecule has 4 heteroatoms. The fraction of sp³-hybridized carbons (Fsp3) is 0.545. The van der Waals surface area contributed by atoms with Crippen LogP contribution in [-0.2, 0) is 0 Å². The fourth-order valence-corrected chi connectivity index (χ4v) is 3.51. The van der Waals surface area contributed by atoms with Crippen LogP contribution in [0, 0.1) is 0 Å². The highest BCUT2D eigenvalue weighted by Gasteiger charge is 2.08. The molecule has 0 aliphatic heterocycles. The first-order chi connectivity index (χ1) is 12.9. The zero-order valence-corrected chi connectivity index (χ0v) is 16.0. The Labute approximate surface area is 156 Å². The lowest BCUT2D eigenvalue weighted by Gasteiger charge is -2.10. The summed E-state index contributed by atoms with van der Waals surface area (Å²) in [7, 11) is 0. The number of nitrogens with zero attached hydrogens (tertiary/aromatic N) is 3. The average Bonchev–Trinajstić information content (AvgIpc) is 3.15. The van der Waals surface area contributed by atoms with Crippen LogP contribution < -0.4 is 4.74 Å². The van der Waals surface area contributed by atoms with Crippen molar-refractivity contribution in [3.05, 3.63) is 36.7 Å². The summed E-state index contributed by atoms with van der Waals surface area (Å²) in [5, 5.41) is 9.30. The van der Waals surface area contributed by atoms with Gasteiger partial charge in [-0.05, 0) is 18.6 Å². The van der Waals surface area contributed by atoms with Crippen molar-refractivity contribution in [2.45, 2.75) is 71.1 Å². The number of hydrogen-bond donors (Lipinski definition) is 0. The molecule has 0 fully saturated rings. The highest BCUT2D eigenvalue weighted by Crippen LogP contribution is 2.27. The molecule has 0 amide bonds. The molecule has 3 aromatic rings. The third-order valence-corrected chi connectivity index (χ3v) is 5.02. The van der Waals surface area contributed by atoms with Crippen LogP contribution in [0.15, 0.2) is 36.7 Å². The molecule has 0 radical (unpaired) electrons. The normalized spacial score (nSPS) is 11.4. The molecule has 0 spiro atoms. The first kappa shape index (κ1) is 18.7. The number of rotatable bonds is 12. The van der Waals surface area contributed by atoms with E-state index in [9.17, 15) is 0 Å². The Hall–Kier alpha value is -2.10. The van der Waals surface area contributed by atoms with Gasteiger partial charge in [-0.25, -0.2) is 0 Å². The monoisotopic (exact) mass is 353 g/mol. The van der Waals surface area contributed by atoms with Gasteiger partial charge < -0.3 is 4.74 Å². The van der Waals surface area contributed by atoms with Crippen LogP contribution in [0.25, 0.3) is 16.6 Å². The minimum atomic E-state index is 0.769. The lowest BCUT2D eigenvalue weighted by Crippen LogP contribution is -1.99. The zero-order valence-electron chi connectivity index (χ0n) is 16.0. The van der Waals surface area contributed by atoms with Gasteiger partial charge >= 0.3 is 0 Å². The quantitative estimate of drug-likeness (QED) is 0.365. The summed E-state index contributed by atoms with van der Waals surface area (Å²) in [6, 6.07) is 10.3. The van der Waals surface area contributed by atoms with Crippen LogP contribution in [0.2, 0.25) is 0 Å². The summed E-state index contributed by atoms with van der Waals surface area (Å²) in [4.78, 5) is 0. The smallest absolute Gasteiger partial charge is 0.164 e. The van der Waals surface area contributed by atoms with Gasteiger partial charge in [0.1, 0.15) is 12.1 Å². The summed E-state index contributed by atoms with van der Waals surface area (Å²) in [6.45, 7) is 3.04. The van der Waals surface area contributed by atoms with E-state index < -0.39 is 0 Å². The van der Waals surface area contributed by atoms with Gasteiger partial charge in [-0.15, -0.1) is 10.2 Å². The number of fused-ring (bicyclic) bond motifs is 3. The number of para-hydroxylation sites is 1. The van der Waals surface area contributed by atoms with Crippen LogP contribution >= 0.6 is 0 Å². The topological polar surface area (TPSA) is 39.4 Å². The predicted molar refractivity (Wildman–Crippen MR) is 108 cm³/mol. The Kier molecular flexibility index (Phi) is 7.29. The summed E-state index contributed by atoms with van der Waals surface area (Å²) in [6.07, 6.45) is 15.1. The SMILES string of the molecule is CCCCCCCCCCCCOc1cc2nncn2c2ccccc12. The van der Waals surface area contributed by atoms with Crippen molar-refractivity contribution >= 4 is 16.6 Å². The van der Waals surface area contributed by atoms with Gasteiger partial charge in [-0.3, -0.25) is 4.40 Å². The van der Waals surface area contributed by atoms with Gasteiger partial charge in [0.15, 0.2) is 5.65 Å². The second-order valence-electron chi connectivity index (χ2n) is 7.12. The van der Waals surface area contributed by atoms with Crippen LogP contribution in [0.1, 0.15) is 71.1 Å². The largest absolute Gasteiger partial charge is 0.493 e. The Morgan fingerprint density at radius 1 is 0.885 bits per heavy atom. The highest BCUT2D eigenvalue weighted by molar-refractivity contribution is 5.88. The molecule has 0 unspecified atom stereocenters. The van der Waals surface area contributed by atoms with E-state index in [0.717, 1.165) is 35.3 Å². The minimum Gasteiger partial charge on any atom is -0.493 e. The van der Waals surface area contributed by atoms with E-state index >= 15 is 0 Å². The Balaban J connectivity index is 1.40. The molecule has 3 rings (SSSR count). The predicted octanol–water partition coefficient (Wildman–Crippen LogP) is 6.18. The third kappa shape index (κ3) is 4.96. The first-order valence-corrected chi connectivity index (χ1v) is 10.2. The van der Waals surface area contributed by atoms with Crippen molar-refractivity contribution in [1.29, 1.82) is 0 Å². The number of hydrogen-bond acceptors (Lipinski definition) is 3.